The number of carbonyl (C=O) groups is 2. The van der Waals surface area contributed by atoms with E-state index >= 15 is 0 Å². The molecule has 3 aromatic rings. The first-order chi connectivity index (χ1) is 14.9. The van der Waals surface area contributed by atoms with Gasteiger partial charge < -0.3 is 20.1 Å². The van der Waals surface area contributed by atoms with Gasteiger partial charge in [-0.15, -0.1) is 11.3 Å². The minimum Gasteiger partial charge on any atom is -0.490 e. The molecule has 0 radical (unpaired) electrons. The lowest BCUT2D eigenvalue weighted by molar-refractivity contribution is 0.0728. The zero-order valence-corrected chi connectivity index (χ0v) is 18.8. The summed E-state index contributed by atoms with van der Waals surface area (Å²) >= 11 is 7.66. The first-order valence-electron chi connectivity index (χ1n) is 9.80. The van der Waals surface area contributed by atoms with Crippen LogP contribution in [0.4, 0.5) is 5.00 Å². The molecule has 0 aliphatic carbocycles. The summed E-state index contributed by atoms with van der Waals surface area (Å²) in [6, 6.07) is 11.9. The van der Waals surface area contributed by atoms with Crippen LogP contribution in [0.15, 0.2) is 42.5 Å². The fourth-order valence-corrected chi connectivity index (χ4v) is 4.68. The van der Waals surface area contributed by atoms with Gasteiger partial charge in [-0.1, -0.05) is 29.8 Å². The number of ether oxygens (including phenoxy) is 2. The number of hydrogen-bond acceptors (Lipinski definition) is 6. The van der Waals surface area contributed by atoms with Crippen molar-refractivity contribution in [1.82, 2.24) is 5.32 Å². The number of fused-ring (bicyclic) bond motifs is 1. The highest BCUT2D eigenvalue weighted by Crippen LogP contribution is 2.39. The molecular formula is C23H21ClN2O4S. The number of thiophene rings is 1. The SMILES string of the molecule is CCOc1cc([C@@H]2NC(=O)c3c(sc(C)c3C)N2)ccc1OC(=O)c1ccccc1Cl. The Kier molecular flexibility index (Phi) is 5.89. The minimum absolute atomic E-state index is 0.118. The van der Waals surface area contributed by atoms with Crippen LogP contribution < -0.4 is 20.1 Å². The van der Waals surface area contributed by atoms with Crippen LogP contribution in [0.5, 0.6) is 11.5 Å². The maximum atomic E-state index is 12.7. The second-order valence-corrected chi connectivity index (χ2v) is 8.68. The van der Waals surface area contributed by atoms with E-state index < -0.39 is 12.1 Å². The second-order valence-electron chi connectivity index (χ2n) is 7.05. The molecule has 2 aromatic carbocycles. The third-order valence-electron chi connectivity index (χ3n) is 5.06. The molecule has 1 aromatic heterocycles. The predicted molar refractivity (Wildman–Crippen MR) is 122 cm³/mol. The van der Waals surface area contributed by atoms with Gasteiger partial charge >= 0.3 is 5.97 Å². The molecule has 0 saturated carbocycles. The molecule has 1 amide bonds. The fourth-order valence-electron chi connectivity index (χ4n) is 3.38. The van der Waals surface area contributed by atoms with E-state index in [-0.39, 0.29) is 17.2 Å². The number of carbonyl (C=O) groups excluding carboxylic acids is 2. The van der Waals surface area contributed by atoms with Gasteiger partial charge in [-0.25, -0.2) is 4.79 Å². The molecule has 0 fully saturated rings. The quantitative estimate of drug-likeness (QED) is 0.392. The van der Waals surface area contributed by atoms with Crippen LogP contribution >= 0.6 is 22.9 Å². The van der Waals surface area contributed by atoms with Gasteiger partial charge in [-0.2, -0.15) is 0 Å². The first-order valence-corrected chi connectivity index (χ1v) is 11.0. The Morgan fingerprint density at radius 2 is 1.90 bits per heavy atom. The van der Waals surface area contributed by atoms with E-state index in [4.69, 9.17) is 21.1 Å². The normalized spacial score (nSPS) is 15.0. The van der Waals surface area contributed by atoms with Crippen molar-refractivity contribution in [2.24, 2.45) is 0 Å². The van der Waals surface area contributed by atoms with Crippen LogP contribution in [0.1, 0.15) is 49.8 Å². The fraction of sp³-hybridized carbons (Fsp3) is 0.217. The molecule has 8 heteroatoms. The van der Waals surface area contributed by atoms with Crippen molar-refractivity contribution in [2.75, 3.05) is 11.9 Å². The van der Waals surface area contributed by atoms with E-state index in [9.17, 15) is 9.59 Å². The Labute approximate surface area is 189 Å². The van der Waals surface area contributed by atoms with E-state index in [2.05, 4.69) is 10.6 Å². The molecule has 160 valence electrons. The van der Waals surface area contributed by atoms with E-state index in [0.717, 1.165) is 21.0 Å². The van der Waals surface area contributed by atoms with Crippen molar-refractivity contribution in [3.63, 3.8) is 0 Å². The smallest absolute Gasteiger partial charge is 0.345 e. The van der Waals surface area contributed by atoms with Crippen LogP contribution in [0.3, 0.4) is 0 Å². The van der Waals surface area contributed by atoms with Crippen molar-refractivity contribution in [3.8, 4) is 11.5 Å². The standard InChI is InChI=1S/C23H21ClN2O4S/c1-4-29-18-11-14(20-25-21(27)19-12(2)13(3)31-22(19)26-20)9-10-17(18)30-23(28)15-7-5-6-8-16(15)24/h5-11,20,26H,4H2,1-3H3,(H,25,27)/t20-/m1/s1. The number of esters is 1. The van der Waals surface area contributed by atoms with Crippen LogP contribution in [0.2, 0.25) is 5.02 Å². The molecular weight excluding hydrogens is 436 g/mol. The number of nitrogens with one attached hydrogen (secondary N) is 2. The number of rotatable bonds is 5. The van der Waals surface area contributed by atoms with Gasteiger partial charge in [-0.05, 0) is 56.2 Å². The van der Waals surface area contributed by atoms with Crippen LogP contribution in [0, 0.1) is 13.8 Å². The summed E-state index contributed by atoms with van der Waals surface area (Å²) in [6.45, 7) is 6.17. The monoisotopic (exact) mass is 456 g/mol. The predicted octanol–water partition coefficient (Wildman–Crippen LogP) is 5.49. The van der Waals surface area contributed by atoms with Gasteiger partial charge in [0.25, 0.3) is 5.91 Å². The van der Waals surface area contributed by atoms with Gasteiger partial charge in [0.05, 0.1) is 22.8 Å². The first kappa shape index (κ1) is 21.2. The maximum Gasteiger partial charge on any atom is 0.345 e. The third-order valence-corrected chi connectivity index (χ3v) is 6.53. The zero-order valence-electron chi connectivity index (χ0n) is 17.2. The Morgan fingerprint density at radius 3 is 2.65 bits per heavy atom. The Hall–Kier alpha value is -3.03. The molecule has 31 heavy (non-hydrogen) atoms. The summed E-state index contributed by atoms with van der Waals surface area (Å²) in [5.41, 5.74) is 2.73. The third kappa shape index (κ3) is 4.11. The summed E-state index contributed by atoms with van der Waals surface area (Å²) in [5, 5.41) is 7.51. The summed E-state index contributed by atoms with van der Waals surface area (Å²) in [7, 11) is 0. The summed E-state index contributed by atoms with van der Waals surface area (Å²) in [5.74, 6) is -0.00712. The molecule has 0 bridgehead atoms. The lowest BCUT2D eigenvalue weighted by Gasteiger charge is -2.27. The van der Waals surface area contributed by atoms with Crippen molar-refractivity contribution in [2.45, 2.75) is 26.9 Å². The number of aryl methyl sites for hydroxylation is 1. The average molecular weight is 457 g/mol. The number of benzene rings is 2. The molecule has 0 spiro atoms. The van der Waals surface area contributed by atoms with E-state index in [0.29, 0.717) is 22.9 Å². The van der Waals surface area contributed by atoms with Crippen LogP contribution in [0.25, 0.3) is 0 Å². The summed E-state index contributed by atoms with van der Waals surface area (Å²) < 4.78 is 11.3. The number of anilines is 1. The van der Waals surface area contributed by atoms with E-state index in [1.54, 1.807) is 53.8 Å². The molecule has 1 aliphatic rings. The number of hydrogen-bond donors (Lipinski definition) is 2. The van der Waals surface area contributed by atoms with Crippen LogP contribution in [-0.4, -0.2) is 18.5 Å². The van der Waals surface area contributed by atoms with Gasteiger partial charge in [-0.3, -0.25) is 4.79 Å². The second kappa shape index (κ2) is 8.61. The van der Waals surface area contributed by atoms with Crippen LogP contribution in [-0.2, 0) is 0 Å². The van der Waals surface area contributed by atoms with Crippen molar-refractivity contribution < 1.29 is 19.1 Å². The lowest BCUT2D eigenvalue weighted by Crippen LogP contribution is -2.38. The largest absolute Gasteiger partial charge is 0.490 e. The van der Waals surface area contributed by atoms with Gasteiger partial charge in [0.1, 0.15) is 11.2 Å². The molecule has 1 aliphatic heterocycles. The molecule has 6 nitrogen and oxygen atoms in total. The number of amides is 1. The van der Waals surface area contributed by atoms with E-state index in [1.165, 1.54) is 0 Å². The Bertz CT molecular complexity index is 1170. The molecule has 4 rings (SSSR count). The van der Waals surface area contributed by atoms with E-state index in [1.807, 2.05) is 20.8 Å². The zero-order chi connectivity index (χ0) is 22.1. The summed E-state index contributed by atoms with van der Waals surface area (Å²) in [4.78, 5) is 26.3. The van der Waals surface area contributed by atoms with Crippen molar-refractivity contribution >= 4 is 39.8 Å². The Balaban J connectivity index is 1.61. The highest BCUT2D eigenvalue weighted by atomic mass is 35.5. The molecule has 2 N–H and O–H groups in total. The van der Waals surface area contributed by atoms with Crippen molar-refractivity contribution in [1.29, 1.82) is 0 Å². The highest BCUT2D eigenvalue weighted by Gasteiger charge is 2.29. The Morgan fingerprint density at radius 1 is 1.13 bits per heavy atom. The molecule has 2 heterocycles. The van der Waals surface area contributed by atoms with Gasteiger partial charge in [0.2, 0.25) is 0 Å². The molecule has 0 saturated heterocycles. The molecule has 0 unspecified atom stereocenters. The lowest BCUT2D eigenvalue weighted by atomic mass is 10.1. The summed E-state index contributed by atoms with van der Waals surface area (Å²) in [6.07, 6.45) is -0.426. The van der Waals surface area contributed by atoms with Gasteiger partial charge in [0.15, 0.2) is 11.5 Å². The molecule has 1 atom stereocenters. The van der Waals surface area contributed by atoms with Gasteiger partial charge in [0, 0.05) is 4.88 Å². The minimum atomic E-state index is -0.572. The topological polar surface area (TPSA) is 76.7 Å². The highest BCUT2D eigenvalue weighted by molar-refractivity contribution is 7.16. The average Bonchev–Trinajstić information content (AvgIpc) is 3.03. The maximum absolute atomic E-state index is 12.7. The number of halogens is 1. The van der Waals surface area contributed by atoms with Crippen molar-refractivity contribution in [3.05, 3.63) is 74.6 Å².